The van der Waals surface area contributed by atoms with Gasteiger partial charge in [-0.2, -0.15) is 10.0 Å². The molecule has 0 aliphatic heterocycles. The average Bonchev–Trinajstić information content (AvgIpc) is 2.96. The van der Waals surface area contributed by atoms with Gasteiger partial charge in [0.2, 0.25) is 0 Å². The maximum Gasteiger partial charge on any atom is 0.194 e. The third kappa shape index (κ3) is 4.42. The first-order valence-electron chi connectivity index (χ1n) is 13.3. The van der Waals surface area contributed by atoms with E-state index < -0.39 is 10.0 Å². The number of aryl methyl sites for hydroxylation is 3. The molecule has 0 aromatic heterocycles. The molecule has 1 aliphatic carbocycles. The molecule has 0 heterocycles. The molecule has 5 aromatic rings. The van der Waals surface area contributed by atoms with Crippen LogP contribution in [0.15, 0.2) is 134 Å². The van der Waals surface area contributed by atoms with Crippen molar-refractivity contribution < 1.29 is 9.59 Å². The van der Waals surface area contributed by atoms with Gasteiger partial charge in [-0.25, -0.2) is 0 Å². The highest BCUT2D eigenvalue weighted by molar-refractivity contribution is 8.33. The lowest BCUT2D eigenvalue weighted by molar-refractivity contribution is 0.0979. The van der Waals surface area contributed by atoms with E-state index in [4.69, 9.17) is 0 Å². The van der Waals surface area contributed by atoms with Crippen molar-refractivity contribution in [3.05, 3.63) is 148 Å². The van der Waals surface area contributed by atoms with Crippen molar-refractivity contribution in [1.29, 1.82) is 0 Å². The standard InChI is InChI=1S/C36H30O2S2/c1-23-20-24(2)36(25(3)21-23)40(4,28-10-6-5-7-11-28)29-17-14-26(15-18-29)39-27-16-19-32-33(22-27)35(38)31-13-9-8-12-30(31)34(32)37/h5-22H,1-4H3. The molecule has 0 fully saturated rings. The van der Waals surface area contributed by atoms with E-state index in [9.17, 15) is 9.59 Å². The summed E-state index contributed by atoms with van der Waals surface area (Å²) in [6.07, 6.45) is 2.40. The second-order valence-corrected chi connectivity index (χ2v) is 14.8. The molecule has 1 aliphatic rings. The average molecular weight is 559 g/mol. The fraction of sp³-hybridized carbons (Fsp3) is 0.111. The minimum Gasteiger partial charge on any atom is -0.289 e. The van der Waals surface area contributed by atoms with Gasteiger partial charge in [0.1, 0.15) is 0 Å². The molecule has 0 saturated heterocycles. The van der Waals surface area contributed by atoms with Gasteiger partial charge in [-0.1, -0.05) is 71.9 Å². The molecule has 198 valence electrons. The van der Waals surface area contributed by atoms with E-state index >= 15 is 0 Å². The second kappa shape index (κ2) is 10.3. The van der Waals surface area contributed by atoms with Gasteiger partial charge in [-0.15, -0.1) is 0 Å². The van der Waals surface area contributed by atoms with E-state index in [0.717, 1.165) is 9.79 Å². The van der Waals surface area contributed by atoms with E-state index in [2.05, 4.69) is 93.8 Å². The van der Waals surface area contributed by atoms with E-state index in [1.807, 2.05) is 12.1 Å². The Balaban J connectivity index is 1.35. The zero-order chi connectivity index (χ0) is 28.0. The van der Waals surface area contributed by atoms with E-state index in [-0.39, 0.29) is 11.6 Å². The summed E-state index contributed by atoms with van der Waals surface area (Å²) in [5.74, 6) is -0.176. The number of rotatable bonds is 5. The fourth-order valence-electron chi connectivity index (χ4n) is 5.93. The van der Waals surface area contributed by atoms with Gasteiger partial charge in [0.05, 0.1) is 0 Å². The van der Waals surface area contributed by atoms with E-state index in [0.29, 0.717) is 22.3 Å². The molecule has 4 heteroatoms. The van der Waals surface area contributed by atoms with Gasteiger partial charge in [0.15, 0.2) is 11.6 Å². The molecule has 0 N–H and O–H groups in total. The van der Waals surface area contributed by atoms with Crippen molar-refractivity contribution in [2.75, 3.05) is 6.26 Å². The van der Waals surface area contributed by atoms with Crippen molar-refractivity contribution in [2.24, 2.45) is 0 Å². The first-order valence-corrected chi connectivity index (χ1v) is 16.1. The van der Waals surface area contributed by atoms with Crippen molar-refractivity contribution in [3.63, 3.8) is 0 Å². The number of hydrogen-bond donors (Lipinski definition) is 0. The lowest BCUT2D eigenvalue weighted by atomic mass is 9.84. The molecular formula is C36H30O2S2. The van der Waals surface area contributed by atoms with Gasteiger partial charge < -0.3 is 0 Å². The molecule has 40 heavy (non-hydrogen) atoms. The first kappa shape index (κ1) is 26.4. The molecular weight excluding hydrogens is 529 g/mol. The molecule has 2 nitrogen and oxygen atoms in total. The topological polar surface area (TPSA) is 34.1 Å². The Labute approximate surface area is 241 Å². The second-order valence-electron chi connectivity index (χ2n) is 10.4. The van der Waals surface area contributed by atoms with Crippen LogP contribution in [0.1, 0.15) is 48.5 Å². The monoisotopic (exact) mass is 558 g/mol. The molecule has 1 unspecified atom stereocenters. The smallest absolute Gasteiger partial charge is 0.194 e. The van der Waals surface area contributed by atoms with Crippen molar-refractivity contribution in [2.45, 2.75) is 45.2 Å². The number of carbonyl (C=O) groups is 2. The number of benzene rings is 5. The van der Waals surface area contributed by atoms with Crippen LogP contribution in [-0.2, 0) is 0 Å². The summed E-state index contributed by atoms with van der Waals surface area (Å²) < 4.78 is 0. The summed E-state index contributed by atoms with van der Waals surface area (Å²) in [4.78, 5) is 32.3. The summed E-state index contributed by atoms with van der Waals surface area (Å²) in [7, 11) is -1.49. The highest BCUT2D eigenvalue weighted by Gasteiger charge is 2.30. The Bertz CT molecular complexity index is 1770. The van der Waals surface area contributed by atoms with Crippen LogP contribution in [0.4, 0.5) is 0 Å². The fourth-order valence-corrected chi connectivity index (χ4v) is 10.3. The lowest BCUT2D eigenvalue weighted by Gasteiger charge is -2.40. The van der Waals surface area contributed by atoms with Crippen LogP contribution in [-0.4, -0.2) is 17.8 Å². The van der Waals surface area contributed by atoms with E-state index in [1.165, 1.54) is 31.4 Å². The van der Waals surface area contributed by atoms with Gasteiger partial charge in [-0.05, 0) is 103 Å². The highest BCUT2D eigenvalue weighted by Crippen LogP contribution is 2.67. The van der Waals surface area contributed by atoms with Crippen LogP contribution in [0.25, 0.3) is 0 Å². The molecule has 6 rings (SSSR count). The Morgan fingerprint density at radius 2 is 1.02 bits per heavy atom. The summed E-state index contributed by atoms with van der Waals surface area (Å²) in [5.41, 5.74) is 5.87. The first-order chi connectivity index (χ1) is 19.3. The van der Waals surface area contributed by atoms with Gasteiger partial charge in [0, 0.05) is 36.9 Å². The molecule has 0 bridgehead atoms. The highest BCUT2D eigenvalue weighted by atomic mass is 32.3. The third-order valence-corrected chi connectivity index (χ3v) is 12.5. The third-order valence-electron chi connectivity index (χ3n) is 7.65. The van der Waals surface area contributed by atoms with Gasteiger partial charge in [-0.3, -0.25) is 9.59 Å². The number of fused-ring (bicyclic) bond motifs is 2. The summed E-state index contributed by atoms with van der Waals surface area (Å²) in [6.45, 7) is 6.62. The molecule has 0 radical (unpaired) electrons. The van der Waals surface area contributed by atoms with Crippen LogP contribution in [0.5, 0.6) is 0 Å². The van der Waals surface area contributed by atoms with Crippen molar-refractivity contribution in [3.8, 4) is 0 Å². The lowest BCUT2D eigenvalue weighted by Crippen LogP contribution is -2.20. The van der Waals surface area contributed by atoms with Crippen LogP contribution < -0.4 is 0 Å². The Kier molecular flexibility index (Phi) is 6.77. The minimum atomic E-state index is -1.49. The van der Waals surface area contributed by atoms with Gasteiger partial charge >= 0.3 is 0 Å². The predicted molar refractivity (Wildman–Crippen MR) is 166 cm³/mol. The maximum atomic E-state index is 13.2. The van der Waals surface area contributed by atoms with Crippen molar-refractivity contribution in [1.82, 2.24) is 0 Å². The largest absolute Gasteiger partial charge is 0.289 e. The van der Waals surface area contributed by atoms with Crippen LogP contribution in [0, 0.1) is 20.8 Å². The molecule has 1 atom stereocenters. The number of carbonyl (C=O) groups excluding carboxylic acids is 2. The summed E-state index contributed by atoms with van der Waals surface area (Å²) in [5, 5.41) is 0. The van der Waals surface area contributed by atoms with Crippen LogP contribution in [0.2, 0.25) is 0 Å². The SMILES string of the molecule is Cc1cc(C)c(S(C)(c2ccccc2)c2ccc(Sc3ccc4c(c3)C(=O)c3ccccc3C4=O)cc2)c(C)c1. The summed E-state index contributed by atoms with van der Waals surface area (Å²) >= 11 is 1.61. The summed E-state index contributed by atoms with van der Waals surface area (Å²) in [6, 6.07) is 37.0. The van der Waals surface area contributed by atoms with Crippen LogP contribution in [0.3, 0.4) is 0 Å². The quantitative estimate of drug-likeness (QED) is 0.211. The normalized spacial score (nSPS) is 14.7. The maximum absolute atomic E-state index is 13.2. The molecule has 0 saturated carbocycles. The molecule has 0 spiro atoms. The Hall–Kier alpha value is -3.86. The van der Waals surface area contributed by atoms with Crippen LogP contribution >= 0.6 is 21.8 Å². The Morgan fingerprint density at radius 3 is 1.65 bits per heavy atom. The predicted octanol–water partition coefficient (Wildman–Crippen LogP) is 9.45. The zero-order valence-corrected chi connectivity index (χ0v) is 24.7. The van der Waals surface area contributed by atoms with Crippen molar-refractivity contribution >= 4 is 33.4 Å². The van der Waals surface area contributed by atoms with E-state index in [1.54, 1.807) is 42.1 Å². The molecule has 0 amide bonds. The minimum absolute atomic E-state index is 0.0871. The molecule has 5 aromatic carbocycles. The van der Waals surface area contributed by atoms with Gasteiger partial charge in [0.25, 0.3) is 0 Å². The zero-order valence-electron chi connectivity index (χ0n) is 23.0. The number of hydrogen-bond acceptors (Lipinski definition) is 3. The Morgan fingerprint density at radius 1 is 0.525 bits per heavy atom. The number of ketones is 2.